The van der Waals surface area contributed by atoms with Crippen LogP contribution in [-0.2, 0) is 4.79 Å². The number of urea groups is 1. The van der Waals surface area contributed by atoms with Crippen molar-refractivity contribution in [3.63, 3.8) is 0 Å². The number of carbonyl (C=O) groups is 2. The fourth-order valence-electron chi connectivity index (χ4n) is 2.26. The van der Waals surface area contributed by atoms with Gasteiger partial charge in [-0.15, -0.1) is 0 Å². The predicted molar refractivity (Wildman–Crippen MR) is 67.9 cm³/mol. The van der Waals surface area contributed by atoms with Gasteiger partial charge in [-0.1, -0.05) is 28.8 Å². The lowest BCUT2D eigenvalue weighted by atomic mass is 9.95. The lowest BCUT2D eigenvalue weighted by molar-refractivity contribution is -0.142. The minimum absolute atomic E-state index is 0.290. The van der Waals surface area contributed by atoms with Gasteiger partial charge in [0.05, 0.1) is 5.92 Å². The number of nitrogens with zero attached hydrogens (tertiary/aromatic N) is 3. The van der Waals surface area contributed by atoms with Gasteiger partial charge in [-0.25, -0.2) is 4.79 Å². The molecular formula is C10H15N5O3S. The maximum absolute atomic E-state index is 11.8. The summed E-state index contributed by atoms with van der Waals surface area (Å²) in [5.74, 6) is -1.38. The number of nitrogens with one attached hydrogen (secondary N) is 2. The predicted octanol–water partition coefficient (Wildman–Crippen LogP) is 1.09. The Hall–Kier alpha value is -1.77. The molecule has 1 saturated carbocycles. The summed E-state index contributed by atoms with van der Waals surface area (Å²) in [7, 11) is 0. The summed E-state index contributed by atoms with van der Waals surface area (Å²) in [4.78, 5) is 23.0. The van der Waals surface area contributed by atoms with E-state index >= 15 is 0 Å². The molecule has 1 aliphatic rings. The molecule has 9 heteroatoms. The maximum atomic E-state index is 11.8. The Kier molecular flexibility index (Phi) is 4.61. The van der Waals surface area contributed by atoms with E-state index in [1.54, 1.807) is 0 Å². The van der Waals surface area contributed by atoms with Gasteiger partial charge in [-0.3, -0.25) is 10.1 Å². The van der Waals surface area contributed by atoms with Crippen molar-refractivity contribution in [2.75, 3.05) is 5.32 Å². The second-order valence-corrected chi connectivity index (χ2v) is 5.19. The summed E-state index contributed by atoms with van der Waals surface area (Å²) in [6.07, 6.45) is 4.09. The van der Waals surface area contributed by atoms with Gasteiger partial charge in [0.1, 0.15) is 0 Å². The van der Waals surface area contributed by atoms with Crippen LogP contribution in [0.1, 0.15) is 32.1 Å². The molecule has 0 bridgehead atoms. The van der Waals surface area contributed by atoms with Crippen LogP contribution in [-0.4, -0.2) is 37.9 Å². The number of anilines is 1. The van der Waals surface area contributed by atoms with Crippen molar-refractivity contribution in [3.8, 4) is 0 Å². The van der Waals surface area contributed by atoms with Gasteiger partial charge < -0.3 is 10.4 Å². The molecule has 1 fully saturated rings. The third kappa shape index (κ3) is 3.85. The van der Waals surface area contributed by atoms with E-state index in [0.717, 1.165) is 30.8 Å². The fraction of sp³-hybridized carbons (Fsp3) is 0.700. The molecular weight excluding hydrogens is 270 g/mol. The third-order valence-electron chi connectivity index (χ3n) is 3.17. The Labute approximate surface area is 113 Å². The van der Waals surface area contributed by atoms with E-state index in [1.165, 1.54) is 0 Å². The van der Waals surface area contributed by atoms with E-state index in [-0.39, 0.29) is 11.2 Å². The first-order chi connectivity index (χ1) is 9.16. The van der Waals surface area contributed by atoms with E-state index in [0.29, 0.717) is 12.8 Å². The molecule has 2 rings (SSSR count). The molecule has 3 N–H and O–H groups in total. The highest BCUT2D eigenvalue weighted by Crippen LogP contribution is 2.24. The highest BCUT2D eigenvalue weighted by molar-refractivity contribution is 7.09. The smallest absolute Gasteiger partial charge is 0.321 e. The van der Waals surface area contributed by atoms with Gasteiger partial charge in [0.2, 0.25) is 5.13 Å². The highest BCUT2D eigenvalue weighted by atomic mass is 32.1. The van der Waals surface area contributed by atoms with Crippen molar-refractivity contribution in [2.45, 2.75) is 38.1 Å². The zero-order valence-electron chi connectivity index (χ0n) is 10.2. The van der Waals surface area contributed by atoms with Crippen LogP contribution in [0.3, 0.4) is 0 Å². The summed E-state index contributed by atoms with van der Waals surface area (Å²) in [5.41, 5.74) is 0. The van der Waals surface area contributed by atoms with Crippen LogP contribution in [0.15, 0.2) is 0 Å². The average molecular weight is 285 g/mol. The number of aromatic nitrogens is 3. The molecule has 104 valence electrons. The number of hydrogen-bond donors (Lipinski definition) is 3. The molecule has 0 saturated heterocycles. The van der Waals surface area contributed by atoms with Crippen LogP contribution < -0.4 is 10.6 Å². The first-order valence-corrected chi connectivity index (χ1v) is 6.89. The van der Waals surface area contributed by atoms with E-state index in [9.17, 15) is 14.7 Å². The molecule has 0 aliphatic heterocycles. The number of rotatable bonds is 3. The third-order valence-corrected chi connectivity index (χ3v) is 3.68. The second-order valence-electron chi connectivity index (χ2n) is 4.46. The van der Waals surface area contributed by atoms with Gasteiger partial charge in [-0.2, -0.15) is 0 Å². The molecule has 19 heavy (non-hydrogen) atoms. The van der Waals surface area contributed by atoms with Crippen molar-refractivity contribution in [1.82, 2.24) is 20.1 Å². The van der Waals surface area contributed by atoms with Crippen molar-refractivity contribution in [2.24, 2.45) is 5.92 Å². The van der Waals surface area contributed by atoms with Crippen LogP contribution in [0.25, 0.3) is 0 Å². The van der Waals surface area contributed by atoms with Crippen molar-refractivity contribution in [3.05, 3.63) is 0 Å². The van der Waals surface area contributed by atoms with Crippen molar-refractivity contribution < 1.29 is 14.7 Å². The number of carboxylic acids is 1. The summed E-state index contributed by atoms with van der Waals surface area (Å²) >= 11 is 0.964. The van der Waals surface area contributed by atoms with Crippen LogP contribution in [0.5, 0.6) is 0 Å². The van der Waals surface area contributed by atoms with Crippen LogP contribution in [0.4, 0.5) is 9.93 Å². The molecule has 0 radical (unpaired) electrons. The van der Waals surface area contributed by atoms with Crippen molar-refractivity contribution in [1.29, 1.82) is 0 Å². The lowest BCUT2D eigenvalue weighted by Gasteiger charge is -2.22. The lowest BCUT2D eigenvalue weighted by Crippen LogP contribution is -2.44. The number of aliphatic carboxylic acids is 1. The van der Waals surface area contributed by atoms with Crippen molar-refractivity contribution >= 4 is 28.7 Å². The molecule has 1 aromatic heterocycles. The Morgan fingerprint density at radius 2 is 2.05 bits per heavy atom. The van der Waals surface area contributed by atoms with Gasteiger partial charge in [0.25, 0.3) is 0 Å². The quantitative estimate of drug-likeness (QED) is 0.715. The summed E-state index contributed by atoms with van der Waals surface area (Å²) in [6, 6.07) is -0.808. The molecule has 2 amide bonds. The highest BCUT2D eigenvalue weighted by Gasteiger charge is 2.30. The molecule has 8 nitrogen and oxygen atoms in total. The van der Waals surface area contributed by atoms with Gasteiger partial charge >= 0.3 is 12.0 Å². The molecule has 1 aliphatic carbocycles. The van der Waals surface area contributed by atoms with Gasteiger partial charge in [0, 0.05) is 17.6 Å². The Balaban J connectivity index is 1.94. The van der Waals surface area contributed by atoms with Gasteiger partial charge in [-0.05, 0) is 18.1 Å². The first kappa shape index (κ1) is 13.7. The van der Waals surface area contributed by atoms with E-state index in [1.807, 2.05) is 0 Å². The van der Waals surface area contributed by atoms with E-state index in [2.05, 4.69) is 25.4 Å². The molecule has 0 aromatic carbocycles. The molecule has 0 spiro atoms. The topological polar surface area (TPSA) is 117 Å². The van der Waals surface area contributed by atoms with Gasteiger partial charge in [0.15, 0.2) is 0 Å². The Morgan fingerprint density at radius 1 is 1.26 bits per heavy atom. The number of carbonyl (C=O) groups excluding carboxylic acids is 1. The molecule has 1 aromatic rings. The zero-order valence-corrected chi connectivity index (χ0v) is 11.0. The molecule has 1 heterocycles. The van der Waals surface area contributed by atoms with E-state index < -0.39 is 17.9 Å². The summed E-state index contributed by atoms with van der Waals surface area (Å²) in [6.45, 7) is 0. The number of hydrogen-bond acceptors (Lipinski definition) is 6. The minimum Gasteiger partial charge on any atom is -0.481 e. The standard InChI is InChI=1S/C10H15N5O3S/c16-8(17)6-4-2-1-3-5-7(6)11-9(18)12-10-13-14-15-19-10/h6-7H,1-5H2,(H,16,17)(H2,11,12,13,15,18). The van der Waals surface area contributed by atoms with E-state index in [4.69, 9.17) is 0 Å². The normalized spacial score (nSPS) is 23.4. The Morgan fingerprint density at radius 3 is 2.74 bits per heavy atom. The summed E-state index contributed by atoms with van der Waals surface area (Å²) in [5, 5.41) is 21.6. The van der Waals surface area contributed by atoms with Crippen LogP contribution >= 0.6 is 11.5 Å². The van der Waals surface area contributed by atoms with Crippen LogP contribution in [0, 0.1) is 5.92 Å². The Bertz CT molecular complexity index is 438. The molecule has 2 atom stereocenters. The summed E-state index contributed by atoms with van der Waals surface area (Å²) < 4.78 is 3.52. The monoisotopic (exact) mass is 285 g/mol. The van der Waals surface area contributed by atoms with Crippen LogP contribution in [0.2, 0.25) is 0 Å². The minimum atomic E-state index is -0.857. The largest absolute Gasteiger partial charge is 0.481 e. The average Bonchev–Trinajstić information content (AvgIpc) is 2.73. The SMILES string of the molecule is O=C(Nc1nnns1)NC1CCCCCC1C(=O)O. The molecule has 2 unspecified atom stereocenters. The maximum Gasteiger partial charge on any atom is 0.321 e. The zero-order chi connectivity index (χ0) is 13.7. The fourth-order valence-corrected chi connectivity index (χ4v) is 2.62. The second kappa shape index (κ2) is 6.41. The number of carboxylic acid groups (broad SMARTS) is 1. The number of amides is 2. The first-order valence-electron chi connectivity index (χ1n) is 6.12.